The van der Waals surface area contributed by atoms with Gasteiger partial charge in [-0.2, -0.15) is 0 Å². The summed E-state index contributed by atoms with van der Waals surface area (Å²) in [5.74, 6) is -0.0746. The second-order valence-electron chi connectivity index (χ2n) is 8.77. The molecule has 0 bridgehead atoms. The average Bonchev–Trinajstić information content (AvgIpc) is 3.20. The third-order valence-electron chi connectivity index (χ3n) is 5.88. The first-order chi connectivity index (χ1) is 16.4. The van der Waals surface area contributed by atoms with Crippen molar-refractivity contribution >= 4 is 17.5 Å². The number of halogens is 1. The van der Waals surface area contributed by atoms with E-state index in [0.29, 0.717) is 30.2 Å². The van der Waals surface area contributed by atoms with Gasteiger partial charge in [0, 0.05) is 36.8 Å². The highest BCUT2D eigenvalue weighted by atomic mass is 35.5. The van der Waals surface area contributed by atoms with Crippen molar-refractivity contribution < 1.29 is 14.6 Å². The number of nitrogens with zero attached hydrogens (tertiary/aromatic N) is 2. The van der Waals surface area contributed by atoms with Gasteiger partial charge in [-0.05, 0) is 60.6 Å². The second-order valence-corrected chi connectivity index (χ2v) is 9.21. The number of rotatable bonds is 8. The Labute approximate surface area is 205 Å². The van der Waals surface area contributed by atoms with Crippen LogP contribution in [0.4, 0.5) is 0 Å². The highest BCUT2D eigenvalue weighted by Crippen LogP contribution is 2.31. The minimum Gasteiger partial charge on any atom is -0.356 e. The minimum atomic E-state index is -0.956. The van der Waals surface area contributed by atoms with Crippen LogP contribution in [0, 0.1) is 0 Å². The predicted molar refractivity (Wildman–Crippen MR) is 134 cm³/mol. The molecule has 2 unspecified atom stereocenters. The van der Waals surface area contributed by atoms with Gasteiger partial charge in [-0.15, -0.1) is 0 Å². The molecule has 178 valence electrons. The van der Waals surface area contributed by atoms with Gasteiger partial charge in [-0.1, -0.05) is 60.1 Å². The number of ether oxygens (including phenoxy) is 1. The zero-order valence-electron chi connectivity index (χ0n) is 19.4. The fourth-order valence-electron chi connectivity index (χ4n) is 3.96. The summed E-state index contributed by atoms with van der Waals surface area (Å²) in [4.78, 5) is 16.4. The lowest BCUT2D eigenvalue weighted by Crippen LogP contribution is -2.31. The Balaban J connectivity index is 1.39. The topological polar surface area (TPSA) is 65.0 Å². The van der Waals surface area contributed by atoms with Gasteiger partial charge in [0.25, 0.3) is 5.91 Å². The summed E-state index contributed by atoms with van der Waals surface area (Å²) in [5, 5.41) is 14.0. The van der Waals surface area contributed by atoms with Crippen LogP contribution in [0.1, 0.15) is 27.6 Å². The van der Waals surface area contributed by atoms with Gasteiger partial charge in [0.05, 0.1) is 6.10 Å². The Hall–Kier alpha value is -2.74. The van der Waals surface area contributed by atoms with E-state index < -0.39 is 6.41 Å². The number of amides is 1. The van der Waals surface area contributed by atoms with E-state index in [2.05, 4.69) is 5.32 Å². The molecule has 0 aromatic heterocycles. The molecule has 1 aliphatic heterocycles. The third-order valence-corrected chi connectivity index (χ3v) is 6.13. The fourth-order valence-corrected chi connectivity index (χ4v) is 4.08. The molecule has 1 heterocycles. The maximum atomic E-state index is 12.5. The predicted octanol–water partition coefficient (Wildman–Crippen LogP) is 4.15. The zero-order chi connectivity index (χ0) is 24.1. The fraction of sp³-hybridized carbons (Fsp3) is 0.296. The van der Waals surface area contributed by atoms with Crippen molar-refractivity contribution in [1.82, 2.24) is 15.1 Å². The van der Waals surface area contributed by atoms with Crippen molar-refractivity contribution in [3.8, 4) is 11.1 Å². The van der Waals surface area contributed by atoms with E-state index in [1.54, 1.807) is 0 Å². The van der Waals surface area contributed by atoms with Crippen LogP contribution in [0.2, 0.25) is 5.02 Å². The molecule has 1 fully saturated rings. The van der Waals surface area contributed by atoms with Crippen LogP contribution in [0.25, 0.3) is 11.1 Å². The van der Waals surface area contributed by atoms with Gasteiger partial charge in [0.2, 0.25) is 6.41 Å². The Kier molecular flexibility index (Phi) is 7.98. The number of hydrogen-bond donors (Lipinski definition) is 2. The van der Waals surface area contributed by atoms with E-state index in [9.17, 15) is 9.90 Å². The molecule has 0 spiro atoms. The molecule has 2 atom stereocenters. The summed E-state index contributed by atoms with van der Waals surface area (Å²) in [6.07, 6.45) is -1.17. The summed E-state index contributed by atoms with van der Waals surface area (Å²) < 4.78 is 5.81. The van der Waals surface area contributed by atoms with Crippen LogP contribution in [0.15, 0.2) is 72.8 Å². The smallest absolute Gasteiger partial charge is 0.251 e. The van der Waals surface area contributed by atoms with Gasteiger partial charge < -0.3 is 20.1 Å². The molecule has 7 heteroatoms. The Bertz CT molecular complexity index is 1100. The Morgan fingerprint density at radius 1 is 1.09 bits per heavy atom. The summed E-state index contributed by atoms with van der Waals surface area (Å²) in [7, 11) is 3.95. The van der Waals surface area contributed by atoms with Crippen molar-refractivity contribution in [1.29, 1.82) is 0 Å². The summed E-state index contributed by atoms with van der Waals surface area (Å²) in [6.45, 7) is 2.57. The van der Waals surface area contributed by atoms with E-state index >= 15 is 0 Å². The van der Waals surface area contributed by atoms with Crippen LogP contribution < -0.4 is 5.32 Å². The van der Waals surface area contributed by atoms with Crippen LogP contribution in [0.3, 0.4) is 0 Å². The molecule has 1 amide bonds. The van der Waals surface area contributed by atoms with Gasteiger partial charge in [0.15, 0.2) is 0 Å². The monoisotopic (exact) mass is 479 g/mol. The number of carbonyl (C=O) groups excluding carboxylic acids is 1. The molecular weight excluding hydrogens is 450 g/mol. The van der Waals surface area contributed by atoms with E-state index in [1.165, 1.54) is 0 Å². The van der Waals surface area contributed by atoms with Gasteiger partial charge in [0.1, 0.15) is 0 Å². The van der Waals surface area contributed by atoms with E-state index in [-0.39, 0.29) is 12.0 Å². The first-order valence-corrected chi connectivity index (χ1v) is 11.7. The maximum absolute atomic E-state index is 12.5. The molecule has 4 rings (SSSR count). The van der Waals surface area contributed by atoms with Gasteiger partial charge in [-0.25, -0.2) is 4.90 Å². The molecule has 34 heavy (non-hydrogen) atoms. The highest BCUT2D eigenvalue weighted by molar-refractivity contribution is 6.30. The molecule has 0 aliphatic carbocycles. The lowest BCUT2D eigenvalue weighted by molar-refractivity contribution is -0.152. The summed E-state index contributed by atoms with van der Waals surface area (Å²) >= 11 is 5.96. The van der Waals surface area contributed by atoms with Crippen molar-refractivity contribution in [2.24, 2.45) is 0 Å². The molecule has 6 nitrogen and oxygen atoms in total. The number of hydrogen-bond acceptors (Lipinski definition) is 5. The highest BCUT2D eigenvalue weighted by Gasteiger charge is 2.32. The number of benzene rings is 3. The van der Waals surface area contributed by atoms with E-state index in [1.807, 2.05) is 96.7 Å². The second kappa shape index (κ2) is 11.1. The number of nitrogens with one attached hydrogen (secondary N) is 1. The molecule has 0 saturated carbocycles. The van der Waals surface area contributed by atoms with Crippen molar-refractivity contribution in [3.05, 3.63) is 94.5 Å². The molecule has 3 aromatic carbocycles. The van der Waals surface area contributed by atoms with Gasteiger partial charge in [-0.3, -0.25) is 4.79 Å². The maximum Gasteiger partial charge on any atom is 0.251 e. The van der Waals surface area contributed by atoms with Crippen LogP contribution in [0.5, 0.6) is 0 Å². The normalized spacial score (nSPS) is 18.4. The minimum absolute atomic E-state index is 0.0746. The van der Waals surface area contributed by atoms with E-state index in [4.69, 9.17) is 16.3 Å². The quantitative estimate of drug-likeness (QED) is 0.508. The van der Waals surface area contributed by atoms with Crippen molar-refractivity contribution in [2.45, 2.75) is 19.1 Å². The molecule has 1 saturated heterocycles. The molecule has 2 N–H and O–H groups in total. The summed E-state index contributed by atoms with van der Waals surface area (Å²) in [5.41, 5.74) is 4.69. The number of aliphatic hydroxyl groups excluding tert-OH is 1. The molecular formula is C27H30ClN3O3. The first-order valence-electron chi connectivity index (χ1n) is 11.3. The zero-order valence-corrected chi connectivity index (χ0v) is 20.2. The summed E-state index contributed by atoms with van der Waals surface area (Å²) in [6, 6.07) is 23.3. The lowest BCUT2D eigenvalue weighted by atomic mass is 10.00. The molecule has 1 aliphatic rings. The number of carbonyl (C=O) groups is 1. The number of likely N-dealkylation sites (N-methyl/N-ethyl adjacent to an activating group) is 1. The van der Waals surface area contributed by atoms with Gasteiger partial charge >= 0.3 is 0 Å². The largest absolute Gasteiger partial charge is 0.356 e. The lowest BCUT2D eigenvalue weighted by Gasteiger charge is -2.17. The third kappa shape index (κ3) is 6.23. The van der Waals surface area contributed by atoms with Crippen LogP contribution in [-0.2, 0) is 11.3 Å². The average molecular weight is 480 g/mol. The van der Waals surface area contributed by atoms with Crippen LogP contribution in [-0.4, -0.2) is 61.0 Å². The van der Waals surface area contributed by atoms with Crippen LogP contribution >= 0.6 is 11.6 Å². The molecule has 0 radical (unpaired) electrons. The van der Waals surface area contributed by atoms with Crippen molar-refractivity contribution in [2.75, 3.05) is 33.7 Å². The molecule has 3 aromatic rings. The Morgan fingerprint density at radius 2 is 1.82 bits per heavy atom. The SMILES string of the molecule is CN(C)CCNC(=O)c1cccc(-c2ccc(C3CN(Cc4ccc(Cl)cc4)C(O)O3)cc2)c1. The first kappa shape index (κ1) is 24.4. The van der Waals surface area contributed by atoms with E-state index in [0.717, 1.165) is 28.8 Å². The van der Waals surface area contributed by atoms with Crippen molar-refractivity contribution in [3.63, 3.8) is 0 Å². The standard InChI is InChI=1S/C27H30ClN3O3/c1-30(2)15-14-29-26(32)23-5-3-4-22(16-23)20-8-10-21(11-9-20)25-18-31(27(33)34-25)17-19-6-12-24(28)13-7-19/h3-13,16,25,27,33H,14-15,17-18H2,1-2H3,(H,29,32). The number of aliphatic hydroxyl groups is 1. The Morgan fingerprint density at radius 3 is 2.53 bits per heavy atom.